The zero-order chi connectivity index (χ0) is 21.0. The molecule has 7 nitrogen and oxygen atoms in total. The zero-order valence-electron chi connectivity index (χ0n) is 16.8. The highest BCUT2D eigenvalue weighted by Crippen LogP contribution is 2.45. The third-order valence-electron chi connectivity index (χ3n) is 6.43. The van der Waals surface area contributed by atoms with Crippen LogP contribution in [0.4, 0.5) is 4.39 Å². The van der Waals surface area contributed by atoms with Gasteiger partial charge < -0.3 is 9.80 Å². The monoisotopic (exact) mass is 407 g/mol. The van der Waals surface area contributed by atoms with Crippen LogP contribution in [0.1, 0.15) is 34.6 Å². The molecule has 0 aliphatic carbocycles. The van der Waals surface area contributed by atoms with Crippen LogP contribution in [-0.2, 0) is 4.79 Å². The van der Waals surface area contributed by atoms with E-state index in [1.54, 1.807) is 36.0 Å². The Balaban J connectivity index is 1.44. The summed E-state index contributed by atoms with van der Waals surface area (Å²) in [6, 6.07) is 7.99. The molecule has 2 amide bonds. The number of hydrogen-bond donors (Lipinski definition) is 0. The smallest absolute Gasteiger partial charge is 0.257 e. The lowest BCUT2D eigenvalue weighted by Crippen LogP contribution is -2.37. The van der Waals surface area contributed by atoms with Crippen molar-refractivity contribution >= 4 is 17.5 Å². The van der Waals surface area contributed by atoms with Crippen molar-refractivity contribution in [1.82, 2.24) is 24.4 Å². The summed E-state index contributed by atoms with van der Waals surface area (Å²) in [7, 11) is 0. The number of carbonyl (C=O) groups is 2. The second-order valence-corrected chi connectivity index (χ2v) is 8.16. The molecule has 2 aliphatic rings. The number of carbonyl (C=O) groups excluding carboxylic acids is 2. The van der Waals surface area contributed by atoms with Gasteiger partial charge in [-0.3, -0.25) is 9.59 Å². The van der Waals surface area contributed by atoms with Gasteiger partial charge in [-0.05, 0) is 24.6 Å². The number of rotatable bonds is 2. The first-order valence-corrected chi connectivity index (χ1v) is 10.1. The number of likely N-dealkylation sites (tertiary alicyclic amines) is 2. The van der Waals surface area contributed by atoms with Gasteiger partial charge in [-0.15, -0.1) is 0 Å². The normalized spacial score (nSPS) is 23.2. The summed E-state index contributed by atoms with van der Waals surface area (Å²) in [6.45, 7) is 5.06. The molecule has 1 aromatic carbocycles. The van der Waals surface area contributed by atoms with Crippen molar-refractivity contribution < 1.29 is 14.0 Å². The van der Waals surface area contributed by atoms with E-state index in [1.807, 2.05) is 22.8 Å². The Bertz CT molecular complexity index is 1160. The van der Waals surface area contributed by atoms with Crippen molar-refractivity contribution in [3.63, 3.8) is 0 Å². The summed E-state index contributed by atoms with van der Waals surface area (Å²) in [5.74, 6) is -0.200. The van der Waals surface area contributed by atoms with Gasteiger partial charge in [-0.1, -0.05) is 12.1 Å². The van der Waals surface area contributed by atoms with E-state index < -0.39 is 0 Å². The van der Waals surface area contributed by atoms with Crippen LogP contribution in [0.25, 0.3) is 5.65 Å². The maximum Gasteiger partial charge on any atom is 0.257 e. The van der Waals surface area contributed by atoms with Gasteiger partial charge in [-0.2, -0.15) is 5.10 Å². The van der Waals surface area contributed by atoms with Crippen LogP contribution in [0.5, 0.6) is 0 Å². The number of fused-ring (bicyclic) bond motifs is 2. The Morgan fingerprint density at radius 1 is 1.17 bits per heavy atom. The Labute approximate surface area is 173 Å². The van der Waals surface area contributed by atoms with E-state index in [-0.39, 0.29) is 35.5 Å². The van der Waals surface area contributed by atoms with Crippen LogP contribution < -0.4 is 0 Å². The molecule has 4 heterocycles. The molecule has 0 bridgehead atoms. The molecule has 0 unspecified atom stereocenters. The molecular weight excluding hydrogens is 385 g/mol. The minimum atomic E-state index is -0.320. The predicted molar refractivity (Wildman–Crippen MR) is 107 cm³/mol. The molecule has 2 fully saturated rings. The molecule has 154 valence electrons. The average Bonchev–Trinajstić information content (AvgIpc) is 3.41. The maximum atomic E-state index is 13.9. The SMILES string of the molecule is CC(=O)N1C[C@H]2CN(C(=O)c3cnc4ccnn4c3C)C[C@H]2[C@H]1c1cccc(F)c1. The number of aryl methyl sites for hydroxylation is 1. The molecular formula is C22H22FN5O2. The fourth-order valence-corrected chi connectivity index (χ4v) is 5.02. The number of nitrogens with zero attached hydrogens (tertiary/aromatic N) is 5. The lowest BCUT2D eigenvalue weighted by atomic mass is 9.89. The highest BCUT2D eigenvalue weighted by molar-refractivity contribution is 5.95. The Kier molecular flexibility index (Phi) is 4.30. The molecule has 2 saturated heterocycles. The zero-order valence-corrected chi connectivity index (χ0v) is 16.8. The summed E-state index contributed by atoms with van der Waals surface area (Å²) in [5.41, 5.74) is 2.75. The van der Waals surface area contributed by atoms with Gasteiger partial charge in [0.15, 0.2) is 5.65 Å². The van der Waals surface area contributed by atoms with Gasteiger partial charge in [0, 0.05) is 50.7 Å². The third-order valence-corrected chi connectivity index (χ3v) is 6.43. The standard InChI is InChI=1S/C22H22FN5O2/c1-13-18(9-24-20-6-7-25-28(13)20)22(30)26-10-16-11-27(14(2)29)21(19(16)12-26)15-4-3-5-17(23)8-15/h3-9,16,19,21H,10-12H2,1-2H3/t16-,19-,21-/m1/s1. The molecule has 8 heteroatoms. The number of aromatic nitrogens is 3. The number of benzene rings is 1. The summed E-state index contributed by atoms with van der Waals surface area (Å²) < 4.78 is 15.5. The average molecular weight is 407 g/mol. The topological polar surface area (TPSA) is 70.8 Å². The minimum Gasteiger partial charge on any atom is -0.338 e. The molecule has 30 heavy (non-hydrogen) atoms. The molecule has 2 aliphatic heterocycles. The Morgan fingerprint density at radius 3 is 2.77 bits per heavy atom. The highest BCUT2D eigenvalue weighted by Gasteiger charge is 2.49. The van der Waals surface area contributed by atoms with E-state index in [4.69, 9.17) is 0 Å². The Hall–Kier alpha value is -3.29. The van der Waals surface area contributed by atoms with Crippen LogP contribution in [0.15, 0.2) is 42.7 Å². The second kappa shape index (κ2) is 6.90. The summed E-state index contributed by atoms with van der Waals surface area (Å²) in [6.07, 6.45) is 3.26. The van der Waals surface area contributed by atoms with Gasteiger partial charge in [-0.25, -0.2) is 13.9 Å². The van der Waals surface area contributed by atoms with Crippen molar-refractivity contribution in [3.8, 4) is 0 Å². The molecule has 5 rings (SSSR count). The van der Waals surface area contributed by atoms with E-state index in [0.29, 0.717) is 30.8 Å². The van der Waals surface area contributed by atoms with Gasteiger partial charge >= 0.3 is 0 Å². The summed E-state index contributed by atoms with van der Waals surface area (Å²) >= 11 is 0. The van der Waals surface area contributed by atoms with Crippen molar-refractivity contribution in [2.75, 3.05) is 19.6 Å². The van der Waals surface area contributed by atoms with E-state index in [2.05, 4.69) is 10.1 Å². The second-order valence-electron chi connectivity index (χ2n) is 8.16. The Morgan fingerprint density at radius 2 is 2.00 bits per heavy atom. The number of amides is 2. The van der Waals surface area contributed by atoms with Crippen molar-refractivity contribution in [2.24, 2.45) is 11.8 Å². The van der Waals surface area contributed by atoms with Crippen LogP contribution in [0.2, 0.25) is 0 Å². The fourth-order valence-electron chi connectivity index (χ4n) is 5.02. The molecule has 3 aromatic rings. The van der Waals surface area contributed by atoms with Crippen LogP contribution in [0.3, 0.4) is 0 Å². The fraction of sp³-hybridized carbons (Fsp3) is 0.364. The van der Waals surface area contributed by atoms with E-state index in [0.717, 1.165) is 11.3 Å². The van der Waals surface area contributed by atoms with E-state index in [1.165, 1.54) is 12.1 Å². The van der Waals surface area contributed by atoms with Gasteiger partial charge in [0.05, 0.1) is 23.5 Å². The number of hydrogen-bond acceptors (Lipinski definition) is 4. The lowest BCUT2D eigenvalue weighted by Gasteiger charge is -2.29. The van der Waals surface area contributed by atoms with Crippen molar-refractivity contribution in [1.29, 1.82) is 0 Å². The first kappa shape index (κ1) is 18.7. The van der Waals surface area contributed by atoms with Crippen molar-refractivity contribution in [3.05, 3.63) is 65.4 Å². The lowest BCUT2D eigenvalue weighted by molar-refractivity contribution is -0.130. The first-order chi connectivity index (χ1) is 14.4. The summed E-state index contributed by atoms with van der Waals surface area (Å²) in [4.78, 5) is 33.5. The van der Waals surface area contributed by atoms with Crippen LogP contribution in [0, 0.1) is 24.6 Å². The van der Waals surface area contributed by atoms with E-state index >= 15 is 0 Å². The quantitative estimate of drug-likeness (QED) is 0.654. The molecule has 0 spiro atoms. The van der Waals surface area contributed by atoms with Gasteiger partial charge in [0.1, 0.15) is 5.82 Å². The molecule has 0 N–H and O–H groups in total. The molecule has 3 atom stereocenters. The third kappa shape index (κ3) is 2.86. The molecule has 0 radical (unpaired) electrons. The van der Waals surface area contributed by atoms with Gasteiger partial charge in [0.2, 0.25) is 5.91 Å². The van der Waals surface area contributed by atoms with Crippen molar-refractivity contribution in [2.45, 2.75) is 19.9 Å². The van der Waals surface area contributed by atoms with Crippen LogP contribution in [-0.4, -0.2) is 55.8 Å². The van der Waals surface area contributed by atoms with Crippen LogP contribution >= 0.6 is 0 Å². The minimum absolute atomic E-state index is 0.0271. The largest absolute Gasteiger partial charge is 0.338 e. The summed E-state index contributed by atoms with van der Waals surface area (Å²) in [5, 5.41) is 4.24. The molecule has 0 saturated carbocycles. The number of halogens is 1. The maximum absolute atomic E-state index is 13.9. The highest BCUT2D eigenvalue weighted by atomic mass is 19.1. The predicted octanol–water partition coefficient (Wildman–Crippen LogP) is 2.47. The first-order valence-electron chi connectivity index (χ1n) is 10.1. The van der Waals surface area contributed by atoms with Gasteiger partial charge in [0.25, 0.3) is 5.91 Å². The van der Waals surface area contributed by atoms with E-state index in [9.17, 15) is 14.0 Å². The molecule has 2 aromatic heterocycles.